The van der Waals surface area contributed by atoms with Gasteiger partial charge in [0.25, 0.3) is 6.47 Å². The number of aryl methyl sites for hydroxylation is 2. The molecule has 0 fully saturated rings. The summed E-state index contributed by atoms with van der Waals surface area (Å²) in [5.41, 5.74) is 2.09. The number of phenols is 1. The third-order valence-corrected chi connectivity index (χ3v) is 1.96. The minimum atomic E-state index is -0.250. The van der Waals surface area contributed by atoms with Crippen molar-refractivity contribution >= 4 is 6.47 Å². The Bertz CT molecular complexity index is 260. The van der Waals surface area contributed by atoms with Crippen LogP contribution in [0, 0.1) is 0 Å². The molecule has 0 bridgehead atoms. The fraction of sp³-hybridized carbons (Fsp3) is 0.364. The molecule has 0 aliphatic carbocycles. The lowest BCUT2D eigenvalue weighted by Crippen LogP contribution is -1.86. The summed E-state index contributed by atoms with van der Waals surface area (Å²) in [6.07, 6.45) is 1.80. The van der Waals surface area contributed by atoms with Gasteiger partial charge in [-0.1, -0.05) is 32.0 Å². The van der Waals surface area contributed by atoms with Crippen molar-refractivity contribution in [2.75, 3.05) is 0 Å². The first-order chi connectivity index (χ1) is 6.71. The van der Waals surface area contributed by atoms with E-state index in [0.29, 0.717) is 5.75 Å². The Balaban J connectivity index is 0.000000500. The predicted octanol–water partition coefficient (Wildman–Crippen LogP) is 2.22. The van der Waals surface area contributed by atoms with Gasteiger partial charge in [0.15, 0.2) is 0 Å². The number of phenolic OH excluding ortho intramolecular Hbond substituents is 1. The van der Waals surface area contributed by atoms with Crippen molar-refractivity contribution in [3.8, 4) is 5.75 Å². The summed E-state index contributed by atoms with van der Waals surface area (Å²) in [5.74, 6) is 0.484. The van der Waals surface area contributed by atoms with Crippen LogP contribution in [0.25, 0.3) is 0 Å². The van der Waals surface area contributed by atoms with Crippen molar-refractivity contribution in [1.82, 2.24) is 0 Å². The molecule has 2 N–H and O–H groups in total. The van der Waals surface area contributed by atoms with E-state index in [9.17, 15) is 5.11 Å². The van der Waals surface area contributed by atoms with Gasteiger partial charge in [-0.3, -0.25) is 4.79 Å². The zero-order valence-electron chi connectivity index (χ0n) is 8.53. The topological polar surface area (TPSA) is 57.5 Å². The van der Waals surface area contributed by atoms with E-state index in [2.05, 4.69) is 13.8 Å². The van der Waals surface area contributed by atoms with E-state index < -0.39 is 0 Å². The Hall–Kier alpha value is -1.51. The fourth-order valence-electron chi connectivity index (χ4n) is 1.22. The Morgan fingerprint density at radius 2 is 1.57 bits per heavy atom. The van der Waals surface area contributed by atoms with Crippen LogP contribution in [0.2, 0.25) is 0 Å². The SMILES string of the molecule is CCc1cccc(CC)c1O.O=CO. The van der Waals surface area contributed by atoms with Gasteiger partial charge >= 0.3 is 0 Å². The molecule has 14 heavy (non-hydrogen) atoms. The van der Waals surface area contributed by atoms with Crippen molar-refractivity contribution < 1.29 is 15.0 Å². The maximum absolute atomic E-state index is 9.59. The third-order valence-electron chi connectivity index (χ3n) is 1.96. The van der Waals surface area contributed by atoms with Gasteiger partial charge < -0.3 is 10.2 Å². The highest BCUT2D eigenvalue weighted by Crippen LogP contribution is 2.22. The lowest BCUT2D eigenvalue weighted by molar-refractivity contribution is -0.122. The normalized spacial score (nSPS) is 8.71. The summed E-state index contributed by atoms with van der Waals surface area (Å²) in [4.78, 5) is 8.36. The van der Waals surface area contributed by atoms with E-state index in [0.717, 1.165) is 24.0 Å². The fourth-order valence-corrected chi connectivity index (χ4v) is 1.22. The van der Waals surface area contributed by atoms with Crippen LogP contribution in [0.4, 0.5) is 0 Å². The first kappa shape index (κ1) is 12.5. The molecular weight excluding hydrogens is 180 g/mol. The van der Waals surface area contributed by atoms with E-state index in [4.69, 9.17) is 9.90 Å². The number of rotatable bonds is 2. The van der Waals surface area contributed by atoms with Crippen molar-refractivity contribution in [3.63, 3.8) is 0 Å². The van der Waals surface area contributed by atoms with Gasteiger partial charge in [-0.25, -0.2) is 0 Å². The van der Waals surface area contributed by atoms with E-state index in [1.165, 1.54) is 0 Å². The largest absolute Gasteiger partial charge is 0.507 e. The van der Waals surface area contributed by atoms with Crippen molar-refractivity contribution in [3.05, 3.63) is 29.3 Å². The van der Waals surface area contributed by atoms with Crippen LogP contribution >= 0.6 is 0 Å². The molecule has 0 aromatic heterocycles. The van der Waals surface area contributed by atoms with Crippen LogP contribution in [0.5, 0.6) is 5.75 Å². The molecule has 3 nitrogen and oxygen atoms in total. The van der Waals surface area contributed by atoms with Crippen LogP contribution in [-0.2, 0) is 17.6 Å². The molecule has 1 rings (SSSR count). The number of hydrogen-bond acceptors (Lipinski definition) is 2. The number of carbonyl (C=O) groups is 1. The van der Waals surface area contributed by atoms with Gasteiger partial charge in [-0.2, -0.15) is 0 Å². The number of hydrogen-bond donors (Lipinski definition) is 2. The minimum absolute atomic E-state index is 0.250. The molecule has 0 heterocycles. The summed E-state index contributed by atoms with van der Waals surface area (Å²) in [7, 11) is 0. The van der Waals surface area contributed by atoms with Gasteiger partial charge in [-0.05, 0) is 24.0 Å². The molecule has 0 radical (unpaired) electrons. The van der Waals surface area contributed by atoms with Crippen LogP contribution in [0.3, 0.4) is 0 Å². The molecule has 78 valence electrons. The van der Waals surface area contributed by atoms with Crippen molar-refractivity contribution in [1.29, 1.82) is 0 Å². The highest BCUT2D eigenvalue weighted by Gasteiger charge is 2.01. The Kier molecular flexibility index (Phi) is 6.20. The summed E-state index contributed by atoms with van der Waals surface area (Å²) in [6, 6.07) is 5.93. The quantitative estimate of drug-likeness (QED) is 0.713. The van der Waals surface area contributed by atoms with Gasteiger partial charge in [0, 0.05) is 0 Å². The molecule has 1 aromatic carbocycles. The molecule has 3 heteroatoms. The van der Waals surface area contributed by atoms with Crippen LogP contribution in [-0.4, -0.2) is 16.7 Å². The second-order valence-electron chi connectivity index (χ2n) is 2.74. The predicted molar refractivity (Wildman–Crippen MR) is 55.6 cm³/mol. The molecule has 0 saturated heterocycles. The lowest BCUT2D eigenvalue weighted by atomic mass is 10.1. The number of carboxylic acid groups (broad SMARTS) is 1. The Morgan fingerprint density at radius 1 is 1.21 bits per heavy atom. The Labute approximate surface area is 84.0 Å². The molecule has 0 atom stereocenters. The molecule has 0 amide bonds. The van der Waals surface area contributed by atoms with Gasteiger partial charge in [0.05, 0.1) is 0 Å². The van der Waals surface area contributed by atoms with Crippen LogP contribution < -0.4 is 0 Å². The molecular formula is C11H16O3. The summed E-state index contributed by atoms with van der Waals surface area (Å²) >= 11 is 0. The lowest BCUT2D eigenvalue weighted by Gasteiger charge is -2.05. The average molecular weight is 196 g/mol. The maximum atomic E-state index is 9.59. The molecule has 1 aromatic rings. The van der Waals surface area contributed by atoms with E-state index in [1.54, 1.807) is 0 Å². The summed E-state index contributed by atoms with van der Waals surface area (Å²) in [6.45, 7) is 3.85. The monoisotopic (exact) mass is 196 g/mol. The number of para-hydroxylation sites is 1. The zero-order valence-corrected chi connectivity index (χ0v) is 8.53. The maximum Gasteiger partial charge on any atom is 0.290 e. The van der Waals surface area contributed by atoms with E-state index in [1.807, 2.05) is 18.2 Å². The number of aromatic hydroxyl groups is 1. The molecule has 0 aliphatic heterocycles. The standard InChI is InChI=1S/C10H14O.CH2O2/c1-3-8-6-5-7-9(4-2)10(8)11;2-1-3/h5-7,11H,3-4H2,1-2H3;1H,(H,2,3). The molecule has 0 spiro atoms. The molecule has 0 aliphatic rings. The Morgan fingerprint density at radius 3 is 1.86 bits per heavy atom. The van der Waals surface area contributed by atoms with Gasteiger partial charge in [0.2, 0.25) is 0 Å². The van der Waals surface area contributed by atoms with Crippen molar-refractivity contribution in [2.45, 2.75) is 26.7 Å². The highest BCUT2D eigenvalue weighted by atomic mass is 16.3. The third kappa shape index (κ3) is 3.47. The van der Waals surface area contributed by atoms with Crippen LogP contribution in [0.1, 0.15) is 25.0 Å². The van der Waals surface area contributed by atoms with E-state index >= 15 is 0 Å². The first-order valence-corrected chi connectivity index (χ1v) is 4.58. The van der Waals surface area contributed by atoms with Gasteiger partial charge in [0.1, 0.15) is 5.75 Å². The second kappa shape index (κ2) is 6.95. The van der Waals surface area contributed by atoms with Gasteiger partial charge in [-0.15, -0.1) is 0 Å². The smallest absolute Gasteiger partial charge is 0.290 e. The second-order valence-corrected chi connectivity index (χ2v) is 2.74. The van der Waals surface area contributed by atoms with Crippen LogP contribution in [0.15, 0.2) is 18.2 Å². The summed E-state index contributed by atoms with van der Waals surface area (Å²) in [5, 5.41) is 16.5. The first-order valence-electron chi connectivity index (χ1n) is 4.58. The summed E-state index contributed by atoms with van der Waals surface area (Å²) < 4.78 is 0. The van der Waals surface area contributed by atoms with E-state index in [-0.39, 0.29) is 6.47 Å². The zero-order chi connectivity index (χ0) is 11.0. The molecule has 0 unspecified atom stereocenters. The van der Waals surface area contributed by atoms with Crippen molar-refractivity contribution in [2.24, 2.45) is 0 Å². The minimum Gasteiger partial charge on any atom is -0.507 e. The molecule has 0 saturated carbocycles. The highest BCUT2D eigenvalue weighted by molar-refractivity contribution is 5.40. The number of benzene rings is 1. The average Bonchev–Trinajstić information content (AvgIpc) is 2.19.